The number of nitrogens with zero attached hydrogens (tertiary/aromatic N) is 1. The maximum Gasteiger partial charge on any atom is 0.242 e. The van der Waals surface area contributed by atoms with Crippen LogP contribution < -0.4 is 9.03 Å². The molecule has 2 aliphatic rings. The molecule has 25 heavy (non-hydrogen) atoms. The van der Waals surface area contributed by atoms with Gasteiger partial charge in [0, 0.05) is 12.5 Å². The highest BCUT2D eigenvalue weighted by atomic mass is 32.2. The molecule has 9 heteroatoms. The normalized spacial score (nSPS) is 21.6. The topological polar surface area (TPSA) is 101 Å². The van der Waals surface area contributed by atoms with Crippen LogP contribution in [0.2, 0.25) is 0 Å². The van der Waals surface area contributed by atoms with Crippen LogP contribution in [0.5, 0.6) is 0 Å². The Kier molecular flexibility index (Phi) is 4.91. The van der Waals surface area contributed by atoms with Crippen LogP contribution in [0.25, 0.3) is 0 Å². The highest BCUT2D eigenvalue weighted by Gasteiger charge is 2.37. The standard InChI is InChI=1S/C16H22N2O5S2/c1-12-7-8-14(18-16(19)9-10-24(18,20)21)11-15(12)25(22,23)17-13-5-3-2-4-6-13/h7-8,11,13,17H,2-6,9-10H2,1H3. The molecule has 0 unspecified atom stereocenters. The summed E-state index contributed by atoms with van der Waals surface area (Å²) in [6.07, 6.45) is 4.62. The summed E-state index contributed by atoms with van der Waals surface area (Å²) in [5, 5.41) is 0. The van der Waals surface area contributed by atoms with Crippen LogP contribution >= 0.6 is 0 Å². The molecule has 1 amide bonds. The lowest BCUT2D eigenvalue weighted by atomic mass is 9.96. The van der Waals surface area contributed by atoms with Crippen LogP contribution in [0.1, 0.15) is 44.1 Å². The Hall–Kier alpha value is -1.45. The molecule has 0 bridgehead atoms. The first kappa shape index (κ1) is 18.3. The fourth-order valence-electron chi connectivity index (χ4n) is 3.38. The van der Waals surface area contributed by atoms with E-state index in [-0.39, 0.29) is 28.8 Å². The minimum Gasteiger partial charge on any atom is -0.273 e. The van der Waals surface area contributed by atoms with Gasteiger partial charge in [0.2, 0.25) is 26.0 Å². The number of sulfonamides is 2. The van der Waals surface area contributed by atoms with Gasteiger partial charge >= 0.3 is 0 Å². The van der Waals surface area contributed by atoms with Crippen molar-refractivity contribution < 1.29 is 21.6 Å². The maximum atomic E-state index is 12.8. The first-order chi connectivity index (χ1) is 11.7. The zero-order chi connectivity index (χ0) is 18.2. The number of anilines is 1. The number of amides is 1. The Balaban J connectivity index is 1.95. The van der Waals surface area contributed by atoms with Crippen LogP contribution in [0.15, 0.2) is 23.1 Å². The van der Waals surface area contributed by atoms with Crippen molar-refractivity contribution in [2.45, 2.75) is 56.4 Å². The first-order valence-electron chi connectivity index (χ1n) is 8.39. The van der Waals surface area contributed by atoms with Crippen molar-refractivity contribution in [1.29, 1.82) is 0 Å². The monoisotopic (exact) mass is 386 g/mol. The van der Waals surface area contributed by atoms with Crippen LogP contribution in [-0.2, 0) is 24.8 Å². The van der Waals surface area contributed by atoms with E-state index >= 15 is 0 Å². The molecule has 1 N–H and O–H groups in total. The van der Waals surface area contributed by atoms with E-state index in [9.17, 15) is 21.6 Å². The van der Waals surface area contributed by atoms with E-state index in [4.69, 9.17) is 0 Å². The van der Waals surface area contributed by atoms with Gasteiger partial charge in [-0.3, -0.25) is 4.79 Å². The van der Waals surface area contributed by atoms with Crippen molar-refractivity contribution in [3.8, 4) is 0 Å². The average Bonchev–Trinajstić information content (AvgIpc) is 2.82. The van der Waals surface area contributed by atoms with Gasteiger partial charge in [-0.1, -0.05) is 25.3 Å². The van der Waals surface area contributed by atoms with Crippen LogP contribution in [-0.4, -0.2) is 34.5 Å². The third kappa shape index (κ3) is 3.73. The van der Waals surface area contributed by atoms with Gasteiger partial charge in [-0.2, -0.15) is 0 Å². The zero-order valence-corrected chi connectivity index (χ0v) is 15.7. The molecule has 0 aromatic heterocycles. The molecule has 2 fully saturated rings. The SMILES string of the molecule is Cc1ccc(N2C(=O)CCS2(=O)=O)cc1S(=O)(=O)NC1CCCCC1. The smallest absolute Gasteiger partial charge is 0.242 e. The van der Waals surface area contributed by atoms with Gasteiger partial charge in [0.15, 0.2) is 0 Å². The maximum absolute atomic E-state index is 12.8. The number of aryl methyl sites for hydroxylation is 1. The largest absolute Gasteiger partial charge is 0.273 e. The molecule has 3 rings (SSSR count). The summed E-state index contributed by atoms with van der Waals surface area (Å²) in [7, 11) is -7.50. The number of nitrogens with one attached hydrogen (secondary N) is 1. The minimum absolute atomic E-state index is 0.0190. The summed E-state index contributed by atoms with van der Waals surface area (Å²) in [4.78, 5) is 12.0. The molecule has 138 valence electrons. The number of benzene rings is 1. The summed E-state index contributed by atoms with van der Waals surface area (Å²) < 4.78 is 53.1. The minimum atomic E-state index is -3.78. The summed E-state index contributed by atoms with van der Waals surface area (Å²) in [6, 6.07) is 4.18. The third-order valence-corrected chi connectivity index (χ3v) is 8.05. The highest BCUT2D eigenvalue weighted by Crippen LogP contribution is 2.29. The molecule has 0 atom stereocenters. The second-order valence-corrected chi connectivity index (χ2v) is 10.2. The summed E-state index contributed by atoms with van der Waals surface area (Å²) in [6.45, 7) is 1.65. The zero-order valence-electron chi connectivity index (χ0n) is 14.1. The van der Waals surface area contributed by atoms with E-state index in [1.54, 1.807) is 6.92 Å². The van der Waals surface area contributed by atoms with Crippen molar-refractivity contribution in [2.24, 2.45) is 0 Å². The van der Waals surface area contributed by atoms with Crippen molar-refractivity contribution >= 4 is 31.6 Å². The Bertz CT molecular complexity index is 887. The molecule has 0 spiro atoms. The predicted molar refractivity (Wildman–Crippen MR) is 94.3 cm³/mol. The number of rotatable bonds is 4. The molecular weight excluding hydrogens is 364 g/mol. The van der Waals surface area contributed by atoms with Crippen molar-refractivity contribution in [1.82, 2.24) is 4.72 Å². The average molecular weight is 386 g/mol. The second-order valence-electron chi connectivity index (χ2n) is 6.63. The fourth-order valence-corrected chi connectivity index (χ4v) is 6.40. The molecule has 1 aromatic rings. The highest BCUT2D eigenvalue weighted by molar-refractivity contribution is 7.94. The lowest BCUT2D eigenvalue weighted by Crippen LogP contribution is -2.36. The molecule has 1 saturated carbocycles. The molecule has 1 saturated heterocycles. The molecule has 1 aliphatic carbocycles. The van der Waals surface area contributed by atoms with E-state index in [0.29, 0.717) is 9.87 Å². The molecule has 0 radical (unpaired) electrons. The van der Waals surface area contributed by atoms with E-state index in [0.717, 1.165) is 32.1 Å². The molecule has 1 aromatic carbocycles. The molecular formula is C16H22N2O5S2. The third-order valence-electron chi connectivity index (χ3n) is 4.70. The Morgan fingerprint density at radius 2 is 1.84 bits per heavy atom. The van der Waals surface area contributed by atoms with Gasteiger partial charge in [0.1, 0.15) is 0 Å². The summed E-state index contributed by atoms with van der Waals surface area (Å²) in [5.74, 6) is -0.783. The van der Waals surface area contributed by atoms with Crippen LogP contribution in [0.3, 0.4) is 0 Å². The van der Waals surface area contributed by atoms with Gasteiger partial charge in [0.25, 0.3) is 0 Å². The van der Waals surface area contributed by atoms with E-state index in [2.05, 4.69) is 4.72 Å². The number of carbonyl (C=O) groups is 1. The van der Waals surface area contributed by atoms with Crippen LogP contribution in [0.4, 0.5) is 5.69 Å². The van der Waals surface area contributed by atoms with E-state index in [1.165, 1.54) is 18.2 Å². The lowest BCUT2D eigenvalue weighted by Gasteiger charge is -2.23. The Morgan fingerprint density at radius 3 is 2.44 bits per heavy atom. The lowest BCUT2D eigenvalue weighted by molar-refractivity contribution is -0.116. The van der Waals surface area contributed by atoms with E-state index in [1.807, 2.05) is 0 Å². The van der Waals surface area contributed by atoms with Crippen LogP contribution in [0, 0.1) is 6.92 Å². The molecule has 1 heterocycles. The predicted octanol–water partition coefficient (Wildman–Crippen LogP) is 1.67. The summed E-state index contributed by atoms with van der Waals surface area (Å²) >= 11 is 0. The summed E-state index contributed by atoms with van der Waals surface area (Å²) in [5.41, 5.74) is 0.591. The van der Waals surface area contributed by atoms with Gasteiger partial charge in [0.05, 0.1) is 16.3 Å². The van der Waals surface area contributed by atoms with Gasteiger partial charge in [-0.25, -0.2) is 25.9 Å². The van der Waals surface area contributed by atoms with Gasteiger partial charge in [-0.15, -0.1) is 0 Å². The first-order valence-corrected chi connectivity index (χ1v) is 11.5. The Morgan fingerprint density at radius 1 is 1.16 bits per heavy atom. The van der Waals surface area contributed by atoms with Gasteiger partial charge < -0.3 is 0 Å². The quantitative estimate of drug-likeness (QED) is 0.848. The number of carbonyl (C=O) groups excluding carboxylic acids is 1. The molecule has 7 nitrogen and oxygen atoms in total. The Labute approximate surface area is 148 Å². The van der Waals surface area contributed by atoms with E-state index < -0.39 is 26.0 Å². The van der Waals surface area contributed by atoms with Crippen molar-refractivity contribution in [2.75, 3.05) is 10.1 Å². The van der Waals surface area contributed by atoms with Crippen molar-refractivity contribution in [3.05, 3.63) is 23.8 Å². The second kappa shape index (κ2) is 6.69. The number of hydrogen-bond acceptors (Lipinski definition) is 5. The van der Waals surface area contributed by atoms with Crippen molar-refractivity contribution in [3.63, 3.8) is 0 Å². The fraction of sp³-hybridized carbons (Fsp3) is 0.562. The van der Waals surface area contributed by atoms with Gasteiger partial charge in [-0.05, 0) is 37.5 Å². The number of hydrogen-bond donors (Lipinski definition) is 1. The molecule has 1 aliphatic heterocycles.